The molecular formula is C12H21ClN5O2S-. The third-order valence-corrected chi connectivity index (χ3v) is 4.43. The van der Waals surface area contributed by atoms with Gasteiger partial charge in [0, 0.05) is 12.6 Å². The minimum atomic E-state index is -2.35. The average molecular weight is 335 g/mol. The lowest BCUT2D eigenvalue weighted by Crippen LogP contribution is -2.52. The number of hydrogen-bond donors (Lipinski definition) is 1. The first-order valence-corrected chi connectivity index (χ1v) is 8.05. The molecule has 2 heterocycles. The van der Waals surface area contributed by atoms with Crippen LogP contribution in [0, 0.1) is 0 Å². The highest BCUT2D eigenvalue weighted by atomic mass is 35.5. The number of likely N-dealkylation sites (tertiary alicyclic amines) is 1. The minimum Gasteiger partial charge on any atom is -0.754 e. The van der Waals surface area contributed by atoms with Crippen LogP contribution in [0.4, 0.5) is 5.69 Å². The van der Waals surface area contributed by atoms with Crippen LogP contribution in [0.2, 0.25) is 0 Å². The van der Waals surface area contributed by atoms with Crippen molar-refractivity contribution >= 4 is 29.4 Å². The number of hydrogen-bond acceptors (Lipinski definition) is 5. The van der Waals surface area contributed by atoms with Gasteiger partial charge in [0.25, 0.3) is 0 Å². The molecule has 2 aliphatic rings. The smallest absolute Gasteiger partial charge is 0.104 e. The van der Waals surface area contributed by atoms with Crippen molar-refractivity contribution in [1.29, 1.82) is 0 Å². The van der Waals surface area contributed by atoms with Crippen LogP contribution in [0.5, 0.6) is 0 Å². The third kappa shape index (κ3) is 4.17. The SMILES string of the molecule is CN1CCC[C@@H](NN(c2cnn(C3CC3)c2)S(=O)[O-])C1.Cl. The largest absolute Gasteiger partial charge is 0.754 e. The number of piperidine rings is 1. The maximum absolute atomic E-state index is 11.5. The summed E-state index contributed by atoms with van der Waals surface area (Å²) >= 11 is -2.35. The molecule has 1 saturated heterocycles. The fourth-order valence-corrected chi connectivity index (χ4v) is 3.11. The number of aromatic nitrogens is 2. The molecule has 1 unspecified atom stereocenters. The van der Waals surface area contributed by atoms with Crippen molar-refractivity contribution in [3.8, 4) is 0 Å². The molecule has 21 heavy (non-hydrogen) atoms. The first-order chi connectivity index (χ1) is 9.63. The van der Waals surface area contributed by atoms with Crippen LogP contribution in [0.3, 0.4) is 0 Å². The van der Waals surface area contributed by atoms with Crippen LogP contribution >= 0.6 is 12.4 Å². The minimum absolute atomic E-state index is 0. The molecule has 120 valence electrons. The molecule has 7 nitrogen and oxygen atoms in total. The standard InChI is InChI=1S/C12H21N5O2S.ClH/c1-15-6-2-3-10(8-15)14-17(20(18)19)12-7-13-16(9-12)11-4-5-11;/h7,9-11,14H,2-6,8H2,1H3,(H,18,19);1H/p-1/t10-;/m1./s1. The number of hydrazine groups is 1. The van der Waals surface area contributed by atoms with Gasteiger partial charge in [-0.15, -0.1) is 12.4 Å². The summed E-state index contributed by atoms with van der Waals surface area (Å²) in [4.78, 5) is 2.21. The highest BCUT2D eigenvalue weighted by Crippen LogP contribution is 2.35. The van der Waals surface area contributed by atoms with E-state index in [0.29, 0.717) is 11.7 Å². The maximum Gasteiger partial charge on any atom is 0.104 e. The van der Waals surface area contributed by atoms with Gasteiger partial charge < -0.3 is 9.45 Å². The van der Waals surface area contributed by atoms with Crippen LogP contribution in [0.15, 0.2) is 12.4 Å². The normalized spacial score (nSPS) is 24.4. The molecule has 0 aromatic carbocycles. The molecule has 0 radical (unpaired) electrons. The number of nitrogens with one attached hydrogen (secondary N) is 1. The molecule has 9 heteroatoms. The maximum atomic E-state index is 11.5. The van der Waals surface area contributed by atoms with Crippen molar-refractivity contribution in [1.82, 2.24) is 20.1 Å². The van der Waals surface area contributed by atoms with Gasteiger partial charge >= 0.3 is 0 Å². The molecular weight excluding hydrogens is 314 g/mol. The molecule has 0 spiro atoms. The molecule has 2 fully saturated rings. The number of anilines is 1. The summed E-state index contributed by atoms with van der Waals surface area (Å²) in [5.41, 5.74) is 3.68. The van der Waals surface area contributed by atoms with Gasteiger partial charge in [-0.2, -0.15) is 5.10 Å². The zero-order chi connectivity index (χ0) is 14.1. The lowest BCUT2D eigenvalue weighted by atomic mass is 10.1. The van der Waals surface area contributed by atoms with E-state index in [9.17, 15) is 8.76 Å². The van der Waals surface area contributed by atoms with Crippen molar-refractivity contribution in [3.63, 3.8) is 0 Å². The molecule has 3 rings (SSSR count). The van der Waals surface area contributed by atoms with Gasteiger partial charge in [0.1, 0.15) is 5.69 Å². The predicted octanol–water partition coefficient (Wildman–Crippen LogP) is 0.839. The molecule has 1 aromatic rings. The Morgan fingerprint density at radius 3 is 2.86 bits per heavy atom. The Hall–Kier alpha value is -0.670. The second-order valence-corrected chi connectivity index (χ2v) is 6.45. The number of nitrogens with zero attached hydrogens (tertiary/aromatic N) is 4. The molecule has 1 aromatic heterocycles. The second-order valence-electron chi connectivity index (χ2n) is 5.65. The van der Waals surface area contributed by atoms with E-state index in [1.807, 2.05) is 4.68 Å². The van der Waals surface area contributed by atoms with Crippen LogP contribution in [0.25, 0.3) is 0 Å². The summed E-state index contributed by atoms with van der Waals surface area (Å²) in [6, 6.07) is 0.599. The summed E-state index contributed by atoms with van der Waals surface area (Å²) in [6.07, 6.45) is 7.72. The Balaban J connectivity index is 0.00000161. The molecule has 1 saturated carbocycles. The van der Waals surface area contributed by atoms with E-state index in [2.05, 4.69) is 22.5 Å². The quantitative estimate of drug-likeness (QED) is 0.638. The fraction of sp³-hybridized carbons (Fsp3) is 0.750. The molecule has 0 amide bonds. The number of halogens is 1. The van der Waals surface area contributed by atoms with Gasteiger partial charge in [-0.05, 0) is 39.3 Å². The summed E-state index contributed by atoms with van der Waals surface area (Å²) in [6.45, 7) is 1.92. The topological polar surface area (TPSA) is 76.5 Å². The first kappa shape index (κ1) is 16.7. The van der Waals surface area contributed by atoms with Crippen molar-refractivity contribution in [2.75, 3.05) is 24.6 Å². The summed E-state index contributed by atoms with van der Waals surface area (Å²) in [5, 5.41) is 4.24. The lowest BCUT2D eigenvalue weighted by Gasteiger charge is -2.35. The van der Waals surface area contributed by atoms with Crippen LogP contribution < -0.4 is 9.84 Å². The molecule has 2 atom stereocenters. The zero-order valence-electron chi connectivity index (χ0n) is 12.0. The number of likely N-dealkylation sites (N-methyl/N-ethyl adjacent to an activating group) is 1. The Morgan fingerprint density at radius 2 is 2.24 bits per heavy atom. The van der Waals surface area contributed by atoms with E-state index in [1.54, 1.807) is 12.4 Å². The van der Waals surface area contributed by atoms with E-state index >= 15 is 0 Å². The van der Waals surface area contributed by atoms with Crippen molar-refractivity contribution in [2.45, 2.75) is 37.8 Å². The monoisotopic (exact) mass is 334 g/mol. The predicted molar refractivity (Wildman–Crippen MR) is 82.8 cm³/mol. The van der Waals surface area contributed by atoms with Gasteiger partial charge in [-0.3, -0.25) is 8.89 Å². The van der Waals surface area contributed by atoms with Crippen molar-refractivity contribution in [3.05, 3.63) is 12.4 Å². The Bertz CT molecular complexity index is 496. The van der Waals surface area contributed by atoms with Crippen molar-refractivity contribution < 1.29 is 8.76 Å². The Kier molecular flexibility index (Phi) is 5.61. The van der Waals surface area contributed by atoms with Gasteiger partial charge in [0.2, 0.25) is 0 Å². The van der Waals surface area contributed by atoms with E-state index in [1.165, 1.54) is 4.41 Å². The third-order valence-electron chi connectivity index (χ3n) is 3.82. The van der Waals surface area contributed by atoms with E-state index < -0.39 is 11.3 Å². The summed E-state index contributed by atoms with van der Waals surface area (Å²) in [5.74, 6) is 0. The van der Waals surface area contributed by atoms with Crippen LogP contribution in [-0.2, 0) is 11.3 Å². The van der Waals surface area contributed by atoms with Crippen LogP contribution in [-0.4, -0.2) is 49.6 Å². The van der Waals surface area contributed by atoms with E-state index in [-0.39, 0.29) is 18.4 Å². The second kappa shape index (κ2) is 7.06. The molecule has 1 N–H and O–H groups in total. The summed E-state index contributed by atoms with van der Waals surface area (Å²) in [7, 11) is 2.05. The molecule has 0 bridgehead atoms. The van der Waals surface area contributed by atoms with Gasteiger partial charge in [-0.25, -0.2) is 9.84 Å². The van der Waals surface area contributed by atoms with Gasteiger partial charge in [0.15, 0.2) is 0 Å². The summed E-state index contributed by atoms with van der Waals surface area (Å²) < 4.78 is 26.0. The van der Waals surface area contributed by atoms with Crippen LogP contribution in [0.1, 0.15) is 31.7 Å². The Morgan fingerprint density at radius 1 is 1.48 bits per heavy atom. The van der Waals surface area contributed by atoms with E-state index in [0.717, 1.165) is 38.8 Å². The molecule has 1 aliphatic carbocycles. The first-order valence-electron chi connectivity index (χ1n) is 7.02. The highest BCUT2D eigenvalue weighted by Gasteiger charge is 2.26. The number of rotatable bonds is 5. The van der Waals surface area contributed by atoms with Crippen molar-refractivity contribution in [2.24, 2.45) is 0 Å². The molecule has 1 aliphatic heterocycles. The van der Waals surface area contributed by atoms with Gasteiger partial charge in [0.05, 0.1) is 29.7 Å². The highest BCUT2D eigenvalue weighted by molar-refractivity contribution is 7.80. The zero-order valence-corrected chi connectivity index (χ0v) is 13.6. The average Bonchev–Trinajstić information content (AvgIpc) is 3.14. The van der Waals surface area contributed by atoms with E-state index in [4.69, 9.17) is 0 Å². The fourth-order valence-electron chi connectivity index (χ4n) is 2.61. The lowest BCUT2D eigenvalue weighted by molar-refractivity contribution is 0.229. The Labute approximate surface area is 133 Å². The van der Waals surface area contributed by atoms with Gasteiger partial charge in [-0.1, -0.05) is 0 Å².